The van der Waals surface area contributed by atoms with E-state index in [0.717, 1.165) is 28.8 Å². The van der Waals surface area contributed by atoms with Crippen molar-refractivity contribution in [2.75, 3.05) is 7.11 Å². The number of fused-ring (bicyclic) bond motifs is 1. The van der Waals surface area contributed by atoms with Crippen molar-refractivity contribution in [2.45, 2.75) is 25.5 Å². The zero-order valence-corrected chi connectivity index (χ0v) is 10.1. The molecule has 1 aromatic heterocycles. The third kappa shape index (κ3) is 2.28. The third-order valence-corrected chi connectivity index (χ3v) is 3.04. The minimum Gasteiger partial charge on any atom is -0.497 e. The molecule has 0 aliphatic carbocycles. The van der Waals surface area contributed by atoms with Crippen molar-refractivity contribution in [3.63, 3.8) is 0 Å². The summed E-state index contributed by atoms with van der Waals surface area (Å²) in [5.74, 6) is 0.803. The zero-order chi connectivity index (χ0) is 12.4. The minimum atomic E-state index is -0.654. The van der Waals surface area contributed by atoms with E-state index in [-0.39, 0.29) is 6.04 Å². The maximum Gasteiger partial charge on any atom is 0.119 e. The molecule has 4 nitrogen and oxygen atoms in total. The van der Waals surface area contributed by atoms with Crippen molar-refractivity contribution >= 4 is 10.9 Å². The molecule has 0 aliphatic heterocycles. The van der Waals surface area contributed by atoms with Gasteiger partial charge in [-0.2, -0.15) is 0 Å². The lowest BCUT2D eigenvalue weighted by Crippen LogP contribution is -2.27. The first kappa shape index (κ1) is 12.0. The van der Waals surface area contributed by atoms with Gasteiger partial charge in [-0.3, -0.25) is 0 Å². The normalized spacial score (nSPS) is 14.8. The number of benzene rings is 1. The fraction of sp³-hybridized carbons (Fsp3) is 0.385. The monoisotopic (exact) mass is 234 g/mol. The Morgan fingerprint density at radius 2 is 2.18 bits per heavy atom. The molecule has 0 saturated heterocycles. The highest BCUT2D eigenvalue weighted by molar-refractivity contribution is 5.82. The molecule has 92 valence electrons. The zero-order valence-electron chi connectivity index (χ0n) is 10.1. The molecular weight excluding hydrogens is 216 g/mol. The number of methoxy groups -OCH3 is 1. The Balaban J connectivity index is 2.37. The molecule has 0 amide bonds. The molecule has 0 saturated carbocycles. The van der Waals surface area contributed by atoms with Gasteiger partial charge in [0.05, 0.1) is 7.11 Å². The van der Waals surface area contributed by atoms with Gasteiger partial charge in [-0.05, 0) is 30.7 Å². The Labute approximate surface area is 100 Å². The quantitative estimate of drug-likeness (QED) is 0.757. The SMILES string of the molecule is CCC(N)C(O)c1cc2cc(OC)ccc2[nH]1. The van der Waals surface area contributed by atoms with Crippen molar-refractivity contribution in [3.05, 3.63) is 30.0 Å². The topological polar surface area (TPSA) is 71.3 Å². The van der Waals surface area contributed by atoms with Gasteiger partial charge in [0.15, 0.2) is 0 Å². The third-order valence-electron chi connectivity index (χ3n) is 3.04. The van der Waals surface area contributed by atoms with Crippen LogP contribution in [0.3, 0.4) is 0 Å². The van der Waals surface area contributed by atoms with Crippen LogP contribution in [0.1, 0.15) is 25.1 Å². The van der Waals surface area contributed by atoms with Crippen molar-refractivity contribution in [3.8, 4) is 5.75 Å². The maximum absolute atomic E-state index is 10.0. The number of rotatable bonds is 4. The van der Waals surface area contributed by atoms with Crippen LogP contribution >= 0.6 is 0 Å². The molecule has 2 atom stereocenters. The first-order valence-electron chi connectivity index (χ1n) is 5.76. The summed E-state index contributed by atoms with van der Waals surface area (Å²) in [6.07, 6.45) is 0.0817. The second kappa shape index (κ2) is 4.77. The summed E-state index contributed by atoms with van der Waals surface area (Å²) >= 11 is 0. The molecule has 2 aromatic rings. The Morgan fingerprint density at radius 3 is 2.82 bits per heavy atom. The number of nitrogens with one attached hydrogen (secondary N) is 1. The first-order chi connectivity index (χ1) is 8.15. The van der Waals surface area contributed by atoms with Crippen molar-refractivity contribution in [2.24, 2.45) is 5.73 Å². The number of hydrogen-bond acceptors (Lipinski definition) is 3. The van der Waals surface area contributed by atoms with Crippen LogP contribution in [0.25, 0.3) is 10.9 Å². The lowest BCUT2D eigenvalue weighted by molar-refractivity contribution is 0.141. The van der Waals surface area contributed by atoms with Crippen LogP contribution in [0.2, 0.25) is 0 Å². The first-order valence-corrected chi connectivity index (χ1v) is 5.76. The molecule has 2 rings (SSSR count). The smallest absolute Gasteiger partial charge is 0.119 e. The number of ether oxygens (including phenoxy) is 1. The molecule has 0 aliphatic rings. The van der Waals surface area contributed by atoms with E-state index in [0.29, 0.717) is 0 Å². The predicted molar refractivity (Wildman–Crippen MR) is 68.1 cm³/mol. The fourth-order valence-electron chi connectivity index (χ4n) is 1.87. The van der Waals surface area contributed by atoms with Gasteiger partial charge < -0.3 is 20.6 Å². The molecule has 1 aromatic carbocycles. The molecule has 1 heterocycles. The average Bonchev–Trinajstić information content (AvgIpc) is 2.79. The van der Waals surface area contributed by atoms with Crippen molar-refractivity contribution < 1.29 is 9.84 Å². The van der Waals surface area contributed by atoms with Gasteiger partial charge in [0.25, 0.3) is 0 Å². The summed E-state index contributed by atoms with van der Waals surface area (Å²) < 4.78 is 5.16. The van der Waals surface area contributed by atoms with Gasteiger partial charge in [-0.15, -0.1) is 0 Å². The fourth-order valence-corrected chi connectivity index (χ4v) is 1.87. The number of nitrogens with two attached hydrogens (primary N) is 1. The molecule has 4 N–H and O–H groups in total. The molecule has 0 fully saturated rings. The predicted octanol–water partition coefficient (Wildman–Crippen LogP) is 1.95. The molecule has 2 unspecified atom stereocenters. The van der Waals surface area contributed by atoms with E-state index < -0.39 is 6.10 Å². The number of aliphatic hydroxyl groups excluding tert-OH is 1. The van der Waals surface area contributed by atoms with E-state index in [9.17, 15) is 5.11 Å². The van der Waals surface area contributed by atoms with Gasteiger partial charge >= 0.3 is 0 Å². The molecule has 0 radical (unpaired) electrons. The molecule has 17 heavy (non-hydrogen) atoms. The standard InChI is InChI=1S/C13H18N2O2/c1-3-10(14)13(16)12-7-8-6-9(17-2)4-5-11(8)15-12/h4-7,10,13,15-16H,3,14H2,1-2H3. The van der Waals surface area contributed by atoms with E-state index in [1.165, 1.54) is 0 Å². The number of hydrogen-bond donors (Lipinski definition) is 3. The summed E-state index contributed by atoms with van der Waals surface area (Å²) in [5, 5.41) is 11.0. The summed E-state index contributed by atoms with van der Waals surface area (Å²) in [4.78, 5) is 3.18. The van der Waals surface area contributed by atoms with Crippen LogP contribution in [0.4, 0.5) is 0 Å². The highest BCUT2D eigenvalue weighted by atomic mass is 16.5. The Hall–Kier alpha value is -1.52. The van der Waals surface area contributed by atoms with Crippen LogP contribution in [0.5, 0.6) is 5.75 Å². The van der Waals surface area contributed by atoms with E-state index in [1.807, 2.05) is 31.2 Å². The Morgan fingerprint density at radius 1 is 1.41 bits per heavy atom. The van der Waals surface area contributed by atoms with E-state index in [4.69, 9.17) is 10.5 Å². The average molecular weight is 234 g/mol. The van der Waals surface area contributed by atoms with Crippen molar-refractivity contribution in [1.29, 1.82) is 0 Å². The Kier molecular flexibility index (Phi) is 3.36. The number of aromatic nitrogens is 1. The summed E-state index contributed by atoms with van der Waals surface area (Å²) in [7, 11) is 1.64. The van der Waals surface area contributed by atoms with Crippen LogP contribution in [0, 0.1) is 0 Å². The number of aromatic amines is 1. The lowest BCUT2D eigenvalue weighted by atomic mass is 10.1. The van der Waals surface area contributed by atoms with Crippen LogP contribution < -0.4 is 10.5 Å². The highest BCUT2D eigenvalue weighted by Crippen LogP contribution is 2.25. The van der Waals surface area contributed by atoms with E-state index >= 15 is 0 Å². The summed E-state index contributed by atoms with van der Waals surface area (Å²) in [6.45, 7) is 1.96. The highest BCUT2D eigenvalue weighted by Gasteiger charge is 2.17. The number of aliphatic hydroxyl groups is 1. The van der Waals surface area contributed by atoms with Crippen LogP contribution in [0.15, 0.2) is 24.3 Å². The van der Waals surface area contributed by atoms with Gasteiger partial charge in [-0.1, -0.05) is 6.92 Å². The van der Waals surface area contributed by atoms with E-state index in [2.05, 4.69) is 4.98 Å². The largest absolute Gasteiger partial charge is 0.497 e. The van der Waals surface area contributed by atoms with Gasteiger partial charge in [0, 0.05) is 22.6 Å². The molecular formula is C13H18N2O2. The summed E-state index contributed by atoms with van der Waals surface area (Å²) in [5.41, 5.74) is 7.56. The van der Waals surface area contributed by atoms with Crippen LogP contribution in [-0.2, 0) is 0 Å². The maximum atomic E-state index is 10.0. The second-order valence-corrected chi connectivity index (χ2v) is 4.19. The van der Waals surface area contributed by atoms with E-state index in [1.54, 1.807) is 7.11 Å². The summed E-state index contributed by atoms with van der Waals surface area (Å²) in [6, 6.07) is 7.42. The van der Waals surface area contributed by atoms with Gasteiger partial charge in [0.2, 0.25) is 0 Å². The van der Waals surface area contributed by atoms with Crippen molar-refractivity contribution in [1.82, 2.24) is 4.98 Å². The lowest BCUT2D eigenvalue weighted by Gasteiger charge is -2.15. The van der Waals surface area contributed by atoms with Crippen LogP contribution in [-0.4, -0.2) is 23.2 Å². The minimum absolute atomic E-state index is 0.245. The molecule has 0 bridgehead atoms. The van der Waals surface area contributed by atoms with Gasteiger partial charge in [0.1, 0.15) is 11.9 Å². The number of H-pyrrole nitrogens is 1. The second-order valence-electron chi connectivity index (χ2n) is 4.19. The Bertz CT molecular complexity index is 507. The molecule has 0 spiro atoms. The molecule has 4 heteroatoms. The van der Waals surface area contributed by atoms with Gasteiger partial charge in [-0.25, -0.2) is 0 Å².